The van der Waals surface area contributed by atoms with Crippen LogP contribution in [0.15, 0.2) is 24.3 Å². The number of aliphatic hydroxyl groups excluding tert-OH is 1. The predicted molar refractivity (Wildman–Crippen MR) is 83.1 cm³/mol. The Kier molecular flexibility index (Phi) is 8.18. The maximum atomic E-state index is 12.1. The van der Waals surface area contributed by atoms with E-state index in [0.717, 1.165) is 12.8 Å². The number of nitrogens with one attached hydrogen (secondary N) is 1. The lowest BCUT2D eigenvalue weighted by Crippen LogP contribution is -2.25. The first-order chi connectivity index (χ1) is 10.1. The van der Waals surface area contributed by atoms with Crippen molar-refractivity contribution in [3.05, 3.63) is 35.4 Å². The van der Waals surface area contributed by atoms with Crippen molar-refractivity contribution in [1.29, 1.82) is 0 Å². The topological polar surface area (TPSA) is 58.6 Å². The van der Waals surface area contributed by atoms with Crippen LogP contribution in [-0.4, -0.2) is 36.9 Å². The van der Waals surface area contributed by atoms with Gasteiger partial charge in [0.15, 0.2) is 0 Å². The van der Waals surface area contributed by atoms with Crippen molar-refractivity contribution >= 4 is 5.91 Å². The second kappa shape index (κ2) is 9.98. The molecule has 1 aromatic carbocycles. The number of aliphatic hydroxyl groups is 1. The van der Waals surface area contributed by atoms with Gasteiger partial charge in [-0.2, -0.15) is 0 Å². The Morgan fingerprint density at radius 3 is 2.81 bits per heavy atom. The number of ether oxygens (including phenoxy) is 1. The van der Waals surface area contributed by atoms with Crippen molar-refractivity contribution in [1.82, 2.24) is 5.32 Å². The molecule has 4 nitrogen and oxygen atoms in total. The highest BCUT2D eigenvalue weighted by Crippen LogP contribution is 2.07. The molecule has 1 rings (SSSR count). The van der Waals surface area contributed by atoms with E-state index in [-0.39, 0.29) is 18.6 Å². The van der Waals surface area contributed by atoms with Crippen molar-refractivity contribution in [3.63, 3.8) is 0 Å². The van der Waals surface area contributed by atoms with Gasteiger partial charge in [0, 0.05) is 18.7 Å². The van der Waals surface area contributed by atoms with Crippen LogP contribution >= 0.6 is 0 Å². The molecular formula is C17H23NO3. The fourth-order valence-corrected chi connectivity index (χ4v) is 1.77. The molecule has 2 N–H and O–H groups in total. The largest absolute Gasteiger partial charge is 0.384 e. The third kappa shape index (κ3) is 6.94. The van der Waals surface area contributed by atoms with Crippen molar-refractivity contribution < 1.29 is 14.6 Å². The molecule has 0 bridgehead atoms. The van der Waals surface area contributed by atoms with Gasteiger partial charge in [-0.3, -0.25) is 4.79 Å². The molecule has 0 unspecified atom stereocenters. The summed E-state index contributed by atoms with van der Waals surface area (Å²) < 4.78 is 5.44. The molecule has 0 aliphatic carbocycles. The number of unbranched alkanes of at least 4 members (excludes halogenated alkanes) is 1. The molecule has 0 radical (unpaired) electrons. The van der Waals surface area contributed by atoms with E-state index in [1.165, 1.54) is 0 Å². The van der Waals surface area contributed by atoms with Gasteiger partial charge < -0.3 is 15.2 Å². The third-order valence-corrected chi connectivity index (χ3v) is 2.78. The van der Waals surface area contributed by atoms with Crippen molar-refractivity contribution in [2.75, 3.05) is 19.8 Å². The average Bonchev–Trinajstić information content (AvgIpc) is 2.48. The van der Waals surface area contributed by atoms with Crippen molar-refractivity contribution in [3.8, 4) is 11.8 Å². The minimum absolute atomic E-state index is 0.136. The fourth-order valence-electron chi connectivity index (χ4n) is 1.77. The molecule has 114 valence electrons. The molecule has 0 aliphatic rings. The zero-order valence-corrected chi connectivity index (χ0v) is 12.7. The van der Waals surface area contributed by atoms with Crippen LogP contribution in [-0.2, 0) is 4.74 Å². The number of hydrogen-bond acceptors (Lipinski definition) is 3. The summed E-state index contributed by atoms with van der Waals surface area (Å²) in [4.78, 5) is 12.1. The average molecular weight is 289 g/mol. The van der Waals surface area contributed by atoms with Gasteiger partial charge >= 0.3 is 0 Å². The van der Waals surface area contributed by atoms with Crippen LogP contribution < -0.4 is 5.32 Å². The Morgan fingerprint density at radius 2 is 2.10 bits per heavy atom. The summed E-state index contributed by atoms with van der Waals surface area (Å²) >= 11 is 0. The van der Waals surface area contributed by atoms with Crippen molar-refractivity contribution in [2.24, 2.45) is 0 Å². The molecule has 0 atom stereocenters. The standard InChI is InChI=1S/C17H23NO3/c1-14(2)21-13-6-5-11-18-17(20)16-10-4-3-8-15(16)9-7-12-19/h3-4,8,10,14,19H,5-6,11-13H2,1-2H3,(H,18,20). The first kappa shape index (κ1) is 17.2. The predicted octanol–water partition coefficient (Wildman–Crippen LogP) is 1.97. The van der Waals surface area contributed by atoms with Crippen LogP contribution in [0.4, 0.5) is 0 Å². The number of benzene rings is 1. The van der Waals surface area contributed by atoms with Gasteiger partial charge in [-0.25, -0.2) is 0 Å². The van der Waals surface area contributed by atoms with E-state index in [9.17, 15) is 4.79 Å². The summed E-state index contributed by atoms with van der Waals surface area (Å²) in [7, 11) is 0. The first-order valence-corrected chi connectivity index (χ1v) is 7.23. The molecule has 4 heteroatoms. The van der Waals surface area contributed by atoms with E-state index < -0.39 is 0 Å². The highest BCUT2D eigenvalue weighted by Gasteiger charge is 2.08. The van der Waals surface area contributed by atoms with E-state index in [2.05, 4.69) is 17.2 Å². The summed E-state index contributed by atoms with van der Waals surface area (Å²) in [6, 6.07) is 7.13. The van der Waals surface area contributed by atoms with Crippen LogP contribution in [0.1, 0.15) is 42.6 Å². The first-order valence-electron chi connectivity index (χ1n) is 7.23. The molecule has 0 aliphatic heterocycles. The smallest absolute Gasteiger partial charge is 0.252 e. The monoisotopic (exact) mass is 289 g/mol. The van der Waals surface area contributed by atoms with E-state index in [4.69, 9.17) is 9.84 Å². The Morgan fingerprint density at radius 1 is 1.33 bits per heavy atom. The highest BCUT2D eigenvalue weighted by molar-refractivity contribution is 5.96. The fraction of sp³-hybridized carbons (Fsp3) is 0.471. The zero-order chi connectivity index (χ0) is 15.5. The lowest BCUT2D eigenvalue weighted by Gasteiger charge is -2.08. The van der Waals surface area contributed by atoms with Gasteiger partial charge in [0.2, 0.25) is 0 Å². The van der Waals surface area contributed by atoms with Gasteiger partial charge in [-0.05, 0) is 38.8 Å². The summed E-state index contributed by atoms with van der Waals surface area (Å²) in [5.41, 5.74) is 1.17. The molecule has 1 aromatic rings. The highest BCUT2D eigenvalue weighted by atomic mass is 16.5. The summed E-state index contributed by atoms with van der Waals surface area (Å²) in [6.07, 6.45) is 2.05. The lowest BCUT2D eigenvalue weighted by molar-refractivity contribution is 0.0754. The number of rotatable bonds is 7. The Balaban J connectivity index is 2.42. The second-order valence-corrected chi connectivity index (χ2v) is 4.89. The number of carbonyl (C=O) groups is 1. The molecule has 0 spiro atoms. The Bertz CT molecular complexity index is 500. The van der Waals surface area contributed by atoms with Gasteiger partial charge in [0.1, 0.15) is 6.61 Å². The molecule has 21 heavy (non-hydrogen) atoms. The van der Waals surface area contributed by atoms with E-state index in [1.54, 1.807) is 18.2 Å². The summed E-state index contributed by atoms with van der Waals surface area (Å²) in [5.74, 6) is 5.21. The molecule has 0 aromatic heterocycles. The number of amides is 1. The molecule has 0 fully saturated rings. The molecular weight excluding hydrogens is 266 g/mol. The zero-order valence-electron chi connectivity index (χ0n) is 12.7. The number of hydrogen-bond donors (Lipinski definition) is 2. The molecule has 0 heterocycles. The van der Waals surface area contributed by atoms with Gasteiger partial charge in [0.25, 0.3) is 5.91 Å². The molecule has 0 saturated carbocycles. The SMILES string of the molecule is CC(C)OCCCCNC(=O)c1ccccc1C#CCO. The van der Waals surface area contributed by atoms with Crippen molar-refractivity contribution in [2.45, 2.75) is 32.8 Å². The van der Waals surface area contributed by atoms with Crippen LogP contribution in [0.3, 0.4) is 0 Å². The van der Waals surface area contributed by atoms with E-state index in [1.807, 2.05) is 19.9 Å². The van der Waals surface area contributed by atoms with Crippen LogP contribution in [0.5, 0.6) is 0 Å². The van der Waals surface area contributed by atoms with Crippen LogP contribution in [0, 0.1) is 11.8 Å². The van der Waals surface area contributed by atoms with Gasteiger partial charge in [0.05, 0.1) is 11.7 Å². The van der Waals surface area contributed by atoms with Gasteiger partial charge in [-0.15, -0.1) is 0 Å². The van der Waals surface area contributed by atoms with Gasteiger partial charge in [-0.1, -0.05) is 24.0 Å². The van der Waals surface area contributed by atoms with E-state index >= 15 is 0 Å². The quantitative estimate of drug-likeness (QED) is 0.596. The summed E-state index contributed by atoms with van der Waals surface area (Å²) in [6.45, 7) is 5.12. The van der Waals surface area contributed by atoms with E-state index in [0.29, 0.717) is 24.3 Å². The van der Waals surface area contributed by atoms with Crippen LogP contribution in [0.25, 0.3) is 0 Å². The Labute approximate surface area is 126 Å². The maximum absolute atomic E-state index is 12.1. The molecule has 0 saturated heterocycles. The Hall–Kier alpha value is -1.83. The second-order valence-electron chi connectivity index (χ2n) is 4.89. The summed E-state index contributed by atoms with van der Waals surface area (Å²) in [5, 5.41) is 11.6. The minimum atomic E-state index is -0.216. The maximum Gasteiger partial charge on any atom is 0.252 e. The van der Waals surface area contributed by atoms with Crippen LogP contribution in [0.2, 0.25) is 0 Å². The lowest BCUT2D eigenvalue weighted by atomic mass is 10.1. The number of carbonyl (C=O) groups excluding carboxylic acids is 1. The molecule has 1 amide bonds. The third-order valence-electron chi connectivity index (χ3n) is 2.78. The minimum Gasteiger partial charge on any atom is -0.384 e. The normalized spacial score (nSPS) is 10.1.